The van der Waals surface area contributed by atoms with Crippen molar-refractivity contribution in [3.63, 3.8) is 0 Å². The fourth-order valence-corrected chi connectivity index (χ4v) is 1.59. The monoisotopic (exact) mass is 255 g/mol. The first-order valence-electron chi connectivity index (χ1n) is 7.15. The molecule has 0 fully saturated rings. The van der Waals surface area contributed by atoms with Gasteiger partial charge in [-0.05, 0) is 25.3 Å². The molecule has 3 heteroatoms. The lowest BCUT2D eigenvalue weighted by Gasteiger charge is -2.08. The summed E-state index contributed by atoms with van der Waals surface area (Å²) in [5.41, 5.74) is 0. The number of nitrogens with zero attached hydrogens (tertiary/aromatic N) is 1. The van der Waals surface area contributed by atoms with Crippen LogP contribution in [0.25, 0.3) is 0 Å². The number of carbonyl (C=O) groups is 1. The molecule has 1 amide bonds. The van der Waals surface area contributed by atoms with Gasteiger partial charge in [-0.1, -0.05) is 32.6 Å². The van der Waals surface area contributed by atoms with Crippen molar-refractivity contribution in [1.82, 2.24) is 4.90 Å². The minimum Gasteiger partial charge on any atom is -0.502 e. The Morgan fingerprint density at radius 2 is 1.83 bits per heavy atom. The average Bonchev–Trinajstić information content (AvgIpc) is 2.35. The minimum absolute atomic E-state index is 0.195. The van der Waals surface area contributed by atoms with Crippen molar-refractivity contribution in [2.24, 2.45) is 0 Å². The highest BCUT2D eigenvalue weighted by molar-refractivity contribution is 5.75. The Morgan fingerprint density at radius 1 is 1.11 bits per heavy atom. The first kappa shape index (κ1) is 17.0. The highest BCUT2D eigenvalue weighted by Gasteiger charge is 2.01. The Morgan fingerprint density at radius 3 is 2.50 bits per heavy atom. The number of ether oxygens (including phenoxy) is 1. The van der Waals surface area contributed by atoms with E-state index in [1.165, 1.54) is 25.7 Å². The van der Waals surface area contributed by atoms with Gasteiger partial charge in [-0.25, -0.2) is 0 Å². The van der Waals surface area contributed by atoms with Crippen LogP contribution in [-0.4, -0.2) is 31.5 Å². The third-order valence-electron chi connectivity index (χ3n) is 2.82. The van der Waals surface area contributed by atoms with Crippen LogP contribution >= 0.6 is 0 Å². The molecular weight excluding hydrogens is 226 g/mol. The van der Waals surface area contributed by atoms with Gasteiger partial charge in [0.15, 0.2) is 0 Å². The molecule has 106 valence electrons. The lowest BCUT2D eigenvalue weighted by Crippen LogP contribution is -2.20. The van der Waals surface area contributed by atoms with Crippen LogP contribution in [0, 0.1) is 0 Å². The van der Waals surface area contributed by atoms with Crippen molar-refractivity contribution in [1.29, 1.82) is 0 Å². The molecule has 18 heavy (non-hydrogen) atoms. The van der Waals surface area contributed by atoms with Crippen LogP contribution < -0.4 is 0 Å². The smallest absolute Gasteiger partial charge is 0.222 e. The highest BCUT2D eigenvalue weighted by atomic mass is 16.5. The Bertz CT molecular complexity index is 225. The first-order valence-corrected chi connectivity index (χ1v) is 7.15. The zero-order valence-electron chi connectivity index (χ0n) is 12.3. The summed E-state index contributed by atoms with van der Waals surface area (Å²) in [4.78, 5) is 12.9. The van der Waals surface area contributed by atoms with E-state index in [9.17, 15) is 4.79 Å². The van der Waals surface area contributed by atoms with Gasteiger partial charge in [-0.2, -0.15) is 0 Å². The SMILES string of the molecule is CCCCCCCO/C=C/CCCC(=O)N(C)C. The van der Waals surface area contributed by atoms with Crippen molar-refractivity contribution >= 4 is 5.91 Å². The molecule has 0 N–H and O–H groups in total. The predicted molar refractivity (Wildman–Crippen MR) is 76.4 cm³/mol. The fourth-order valence-electron chi connectivity index (χ4n) is 1.59. The number of hydrogen-bond donors (Lipinski definition) is 0. The molecule has 0 aromatic heterocycles. The molecule has 0 bridgehead atoms. The van der Waals surface area contributed by atoms with Crippen LogP contribution in [0.15, 0.2) is 12.3 Å². The van der Waals surface area contributed by atoms with E-state index < -0.39 is 0 Å². The van der Waals surface area contributed by atoms with Gasteiger partial charge in [-0.15, -0.1) is 0 Å². The Balaban J connectivity index is 3.21. The summed E-state index contributed by atoms with van der Waals surface area (Å²) in [5, 5.41) is 0. The molecule has 0 rings (SSSR count). The van der Waals surface area contributed by atoms with Gasteiger partial charge in [0.2, 0.25) is 5.91 Å². The number of rotatable bonds is 11. The maximum absolute atomic E-state index is 11.3. The van der Waals surface area contributed by atoms with E-state index in [2.05, 4.69) is 6.92 Å². The maximum Gasteiger partial charge on any atom is 0.222 e. The van der Waals surface area contributed by atoms with Crippen LogP contribution in [0.4, 0.5) is 0 Å². The van der Waals surface area contributed by atoms with Crippen molar-refractivity contribution in [2.75, 3.05) is 20.7 Å². The van der Waals surface area contributed by atoms with Crippen molar-refractivity contribution in [2.45, 2.75) is 58.3 Å². The second kappa shape index (κ2) is 12.5. The molecule has 0 spiro atoms. The Labute approximate surface area is 112 Å². The fraction of sp³-hybridized carbons (Fsp3) is 0.800. The van der Waals surface area contributed by atoms with Crippen LogP contribution in [0.1, 0.15) is 58.3 Å². The number of allylic oxidation sites excluding steroid dienone is 1. The number of carbonyl (C=O) groups excluding carboxylic acids is 1. The second-order valence-electron chi connectivity index (χ2n) is 4.84. The summed E-state index contributed by atoms with van der Waals surface area (Å²) in [6.07, 6.45) is 12.5. The van der Waals surface area contributed by atoms with E-state index >= 15 is 0 Å². The van der Waals surface area contributed by atoms with Crippen LogP contribution in [0.3, 0.4) is 0 Å². The molecule has 0 saturated carbocycles. The summed E-state index contributed by atoms with van der Waals surface area (Å²) in [7, 11) is 3.58. The third-order valence-corrected chi connectivity index (χ3v) is 2.82. The molecule has 0 aliphatic heterocycles. The zero-order valence-corrected chi connectivity index (χ0v) is 12.3. The number of unbranched alkanes of at least 4 members (excludes halogenated alkanes) is 5. The molecule has 0 heterocycles. The van der Waals surface area contributed by atoms with Gasteiger partial charge in [-0.3, -0.25) is 4.79 Å². The van der Waals surface area contributed by atoms with E-state index in [0.717, 1.165) is 25.9 Å². The van der Waals surface area contributed by atoms with Crippen molar-refractivity contribution in [3.05, 3.63) is 12.3 Å². The number of amides is 1. The van der Waals surface area contributed by atoms with Crippen LogP contribution in [0.5, 0.6) is 0 Å². The minimum atomic E-state index is 0.195. The summed E-state index contributed by atoms with van der Waals surface area (Å²) >= 11 is 0. The standard InChI is InChI=1S/C15H29NO2/c1-4-5-6-7-10-13-18-14-11-8-9-12-15(17)16(2)3/h11,14H,4-10,12-13H2,1-3H3/b14-11+. The predicted octanol–water partition coefficient (Wildman–Crippen LogP) is 3.75. The van der Waals surface area contributed by atoms with Crippen molar-refractivity contribution in [3.8, 4) is 0 Å². The maximum atomic E-state index is 11.3. The van der Waals surface area contributed by atoms with E-state index in [1.54, 1.807) is 25.3 Å². The van der Waals surface area contributed by atoms with Crippen LogP contribution in [-0.2, 0) is 9.53 Å². The van der Waals surface area contributed by atoms with Crippen molar-refractivity contribution < 1.29 is 9.53 Å². The topological polar surface area (TPSA) is 29.5 Å². The largest absolute Gasteiger partial charge is 0.502 e. The first-order chi connectivity index (χ1) is 8.68. The average molecular weight is 255 g/mol. The second-order valence-corrected chi connectivity index (χ2v) is 4.84. The van der Waals surface area contributed by atoms with Gasteiger partial charge in [0, 0.05) is 20.5 Å². The van der Waals surface area contributed by atoms with Gasteiger partial charge in [0.25, 0.3) is 0 Å². The van der Waals surface area contributed by atoms with E-state index in [1.807, 2.05) is 6.08 Å². The molecule has 0 unspecified atom stereocenters. The molecule has 0 aliphatic rings. The lowest BCUT2D eigenvalue weighted by atomic mass is 10.2. The molecule has 0 saturated heterocycles. The van der Waals surface area contributed by atoms with Gasteiger partial charge in [0.05, 0.1) is 12.9 Å². The molecule has 0 aliphatic carbocycles. The van der Waals surface area contributed by atoms with E-state index in [4.69, 9.17) is 4.74 Å². The molecule has 0 aromatic rings. The highest BCUT2D eigenvalue weighted by Crippen LogP contribution is 2.03. The quantitative estimate of drug-likeness (QED) is 0.416. The molecule has 3 nitrogen and oxygen atoms in total. The molecule has 0 aromatic carbocycles. The van der Waals surface area contributed by atoms with E-state index in [-0.39, 0.29) is 5.91 Å². The van der Waals surface area contributed by atoms with Gasteiger partial charge in [0.1, 0.15) is 0 Å². The van der Waals surface area contributed by atoms with Crippen LogP contribution in [0.2, 0.25) is 0 Å². The summed E-state index contributed by atoms with van der Waals surface area (Å²) < 4.78 is 5.39. The molecular formula is C15H29NO2. The zero-order chi connectivity index (χ0) is 13.6. The van der Waals surface area contributed by atoms with Gasteiger partial charge >= 0.3 is 0 Å². The summed E-state index contributed by atoms with van der Waals surface area (Å²) in [6, 6.07) is 0. The normalized spacial score (nSPS) is 10.8. The molecule has 0 radical (unpaired) electrons. The third kappa shape index (κ3) is 11.5. The van der Waals surface area contributed by atoms with Gasteiger partial charge < -0.3 is 9.64 Å². The lowest BCUT2D eigenvalue weighted by molar-refractivity contribution is -0.128. The summed E-state index contributed by atoms with van der Waals surface area (Å²) in [6.45, 7) is 3.04. The summed E-state index contributed by atoms with van der Waals surface area (Å²) in [5.74, 6) is 0.195. The Kier molecular flexibility index (Phi) is 11.8. The number of hydrogen-bond acceptors (Lipinski definition) is 2. The Hall–Kier alpha value is -0.990. The van der Waals surface area contributed by atoms with E-state index in [0.29, 0.717) is 6.42 Å². The molecule has 0 atom stereocenters.